The molecule has 1 unspecified atom stereocenters. The van der Waals surface area contributed by atoms with Crippen LogP contribution in [0.1, 0.15) is 40.0 Å². The average Bonchev–Trinajstić information content (AvgIpc) is 2.03. The van der Waals surface area contributed by atoms with Crippen molar-refractivity contribution in [3.8, 4) is 0 Å². The van der Waals surface area contributed by atoms with Gasteiger partial charge in [-0.25, -0.2) is 0 Å². The number of rotatable bonds is 6. The maximum absolute atomic E-state index is 10.8. The third kappa shape index (κ3) is 7.78. The highest BCUT2D eigenvalue weighted by molar-refractivity contribution is 5.77. The fraction of sp³-hybridized carbons (Fsp3) is 0.900. The van der Waals surface area contributed by atoms with E-state index in [0.717, 1.165) is 18.8 Å². The summed E-state index contributed by atoms with van der Waals surface area (Å²) in [4.78, 5) is 10.8. The van der Waals surface area contributed by atoms with E-state index in [-0.39, 0.29) is 11.9 Å². The van der Waals surface area contributed by atoms with Crippen LogP contribution in [0.15, 0.2) is 0 Å². The van der Waals surface area contributed by atoms with Crippen molar-refractivity contribution in [1.82, 2.24) is 5.32 Å². The molecule has 0 aromatic heterocycles. The summed E-state index contributed by atoms with van der Waals surface area (Å²) in [6.07, 6.45) is 3.31. The van der Waals surface area contributed by atoms with Crippen LogP contribution in [0, 0.1) is 5.92 Å². The lowest BCUT2D eigenvalue weighted by atomic mass is 10.0. The zero-order valence-corrected chi connectivity index (χ0v) is 8.84. The first-order valence-electron chi connectivity index (χ1n) is 4.96. The molecule has 0 saturated heterocycles. The molecule has 0 spiro atoms. The summed E-state index contributed by atoms with van der Waals surface area (Å²) >= 11 is 0. The highest BCUT2D eigenvalue weighted by Gasteiger charge is 2.05. The summed E-state index contributed by atoms with van der Waals surface area (Å²) in [5.74, 6) is 0.442. The molecular formula is C10H21NO2. The third-order valence-corrected chi connectivity index (χ3v) is 1.97. The molecule has 0 fully saturated rings. The maximum atomic E-state index is 10.8. The number of aliphatic hydroxyl groups excluding tert-OH is 1. The fourth-order valence-electron chi connectivity index (χ4n) is 1.22. The number of amides is 1. The minimum atomic E-state index is -0.408. The number of nitrogens with one attached hydrogen (secondary N) is 1. The average molecular weight is 187 g/mol. The molecule has 0 heterocycles. The van der Waals surface area contributed by atoms with Crippen molar-refractivity contribution in [2.24, 2.45) is 5.92 Å². The van der Waals surface area contributed by atoms with Crippen molar-refractivity contribution >= 4 is 5.91 Å². The zero-order valence-electron chi connectivity index (χ0n) is 8.84. The van der Waals surface area contributed by atoms with E-state index in [0.29, 0.717) is 0 Å². The number of hydrogen-bond acceptors (Lipinski definition) is 2. The number of aliphatic hydroxyl groups is 1. The van der Waals surface area contributed by atoms with Gasteiger partial charge < -0.3 is 10.4 Å². The Morgan fingerprint density at radius 1 is 1.31 bits per heavy atom. The van der Waals surface area contributed by atoms with Gasteiger partial charge in [0.15, 0.2) is 0 Å². The lowest BCUT2D eigenvalue weighted by Crippen LogP contribution is -2.34. The molecule has 2 N–H and O–H groups in total. The normalized spacial score (nSPS) is 13.0. The monoisotopic (exact) mass is 187 g/mol. The van der Waals surface area contributed by atoms with E-state index >= 15 is 0 Å². The van der Waals surface area contributed by atoms with Crippen LogP contribution >= 0.6 is 0 Å². The Bertz CT molecular complexity index is 146. The van der Waals surface area contributed by atoms with Gasteiger partial charge in [-0.2, -0.15) is 0 Å². The predicted molar refractivity (Wildman–Crippen MR) is 53.4 cm³/mol. The van der Waals surface area contributed by atoms with Crippen LogP contribution in [0.25, 0.3) is 0 Å². The van der Waals surface area contributed by atoms with Crippen LogP contribution in [0.3, 0.4) is 0 Å². The van der Waals surface area contributed by atoms with Gasteiger partial charge in [-0.15, -0.1) is 0 Å². The summed E-state index contributed by atoms with van der Waals surface area (Å²) in [7, 11) is 0. The summed E-state index contributed by atoms with van der Waals surface area (Å²) in [5, 5.41) is 11.2. The van der Waals surface area contributed by atoms with Crippen molar-refractivity contribution in [2.75, 3.05) is 6.61 Å². The van der Waals surface area contributed by atoms with Gasteiger partial charge in [0.05, 0.1) is 0 Å². The molecule has 0 bridgehead atoms. The van der Waals surface area contributed by atoms with Crippen LogP contribution in [-0.2, 0) is 4.79 Å². The Kier molecular flexibility index (Phi) is 6.59. The molecule has 0 aliphatic heterocycles. The first kappa shape index (κ1) is 12.4. The Balaban J connectivity index is 3.40. The lowest BCUT2D eigenvalue weighted by molar-refractivity contribution is -0.124. The standard InChI is InChI=1S/C10H21NO2/c1-8(2)5-4-6-9(3)11-10(13)7-12/h8-9,12H,4-7H2,1-3H3,(H,11,13). The van der Waals surface area contributed by atoms with Crippen molar-refractivity contribution in [3.63, 3.8) is 0 Å². The molecule has 0 saturated carbocycles. The maximum Gasteiger partial charge on any atom is 0.245 e. The van der Waals surface area contributed by atoms with Gasteiger partial charge in [-0.3, -0.25) is 4.79 Å². The van der Waals surface area contributed by atoms with E-state index in [2.05, 4.69) is 19.2 Å². The second-order valence-corrected chi connectivity index (χ2v) is 3.95. The van der Waals surface area contributed by atoms with Gasteiger partial charge >= 0.3 is 0 Å². The zero-order chi connectivity index (χ0) is 10.3. The minimum absolute atomic E-state index is 0.179. The molecule has 13 heavy (non-hydrogen) atoms. The van der Waals surface area contributed by atoms with Gasteiger partial charge in [0.1, 0.15) is 6.61 Å². The Hall–Kier alpha value is -0.570. The van der Waals surface area contributed by atoms with E-state index in [1.54, 1.807) is 0 Å². The van der Waals surface area contributed by atoms with E-state index in [9.17, 15) is 4.79 Å². The molecule has 0 radical (unpaired) electrons. The van der Waals surface area contributed by atoms with Gasteiger partial charge in [-0.05, 0) is 19.3 Å². The van der Waals surface area contributed by atoms with Crippen LogP contribution in [0.4, 0.5) is 0 Å². The van der Waals surface area contributed by atoms with Crippen LogP contribution < -0.4 is 5.32 Å². The van der Waals surface area contributed by atoms with E-state index in [4.69, 9.17) is 5.11 Å². The predicted octanol–water partition coefficient (Wildman–Crippen LogP) is 1.31. The summed E-state index contributed by atoms with van der Waals surface area (Å²) in [6.45, 7) is 5.94. The first-order valence-corrected chi connectivity index (χ1v) is 4.96. The highest BCUT2D eigenvalue weighted by atomic mass is 16.3. The van der Waals surface area contributed by atoms with Crippen molar-refractivity contribution in [2.45, 2.75) is 46.1 Å². The molecule has 1 amide bonds. The second-order valence-electron chi connectivity index (χ2n) is 3.95. The quantitative estimate of drug-likeness (QED) is 0.658. The summed E-state index contributed by atoms with van der Waals surface area (Å²) in [6, 6.07) is 0.179. The molecule has 3 heteroatoms. The van der Waals surface area contributed by atoms with Crippen molar-refractivity contribution in [3.05, 3.63) is 0 Å². The molecule has 3 nitrogen and oxygen atoms in total. The molecular weight excluding hydrogens is 166 g/mol. The van der Waals surface area contributed by atoms with Gasteiger partial charge in [0, 0.05) is 6.04 Å². The third-order valence-electron chi connectivity index (χ3n) is 1.97. The summed E-state index contributed by atoms with van der Waals surface area (Å²) < 4.78 is 0. The van der Waals surface area contributed by atoms with E-state index in [1.807, 2.05) is 6.92 Å². The van der Waals surface area contributed by atoms with E-state index in [1.165, 1.54) is 6.42 Å². The van der Waals surface area contributed by atoms with Crippen LogP contribution in [0.5, 0.6) is 0 Å². The number of carbonyl (C=O) groups excluding carboxylic acids is 1. The van der Waals surface area contributed by atoms with Crippen molar-refractivity contribution in [1.29, 1.82) is 0 Å². The Morgan fingerprint density at radius 3 is 2.38 bits per heavy atom. The number of carbonyl (C=O) groups is 1. The minimum Gasteiger partial charge on any atom is -0.387 e. The molecule has 1 atom stereocenters. The Labute approximate surface area is 80.5 Å². The fourth-order valence-corrected chi connectivity index (χ4v) is 1.22. The van der Waals surface area contributed by atoms with Gasteiger partial charge in [0.25, 0.3) is 0 Å². The molecule has 0 aliphatic rings. The summed E-state index contributed by atoms with van der Waals surface area (Å²) in [5.41, 5.74) is 0. The highest BCUT2D eigenvalue weighted by Crippen LogP contribution is 2.07. The molecule has 0 aromatic rings. The molecule has 0 aliphatic carbocycles. The van der Waals surface area contributed by atoms with Crippen LogP contribution in [-0.4, -0.2) is 23.7 Å². The lowest BCUT2D eigenvalue weighted by Gasteiger charge is -2.13. The SMILES string of the molecule is CC(C)CCCC(C)NC(=O)CO. The molecule has 0 rings (SSSR count). The van der Waals surface area contributed by atoms with Gasteiger partial charge in [0.2, 0.25) is 5.91 Å². The first-order chi connectivity index (χ1) is 6.06. The number of hydrogen-bond donors (Lipinski definition) is 2. The van der Waals surface area contributed by atoms with E-state index < -0.39 is 6.61 Å². The molecule has 0 aromatic carbocycles. The van der Waals surface area contributed by atoms with Crippen LogP contribution in [0.2, 0.25) is 0 Å². The second kappa shape index (κ2) is 6.89. The molecule has 78 valence electrons. The topological polar surface area (TPSA) is 49.3 Å². The van der Waals surface area contributed by atoms with Gasteiger partial charge in [-0.1, -0.05) is 26.7 Å². The largest absolute Gasteiger partial charge is 0.387 e. The van der Waals surface area contributed by atoms with Crippen molar-refractivity contribution < 1.29 is 9.90 Å². The smallest absolute Gasteiger partial charge is 0.245 e. The Morgan fingerprint density at radius 2 is 1.92 bits per heavy atom.